The van der Waals surface area contributed by atoms with Crippen LogP contribution in [-0.4, -0.2) is 29.3 Å². The molecule has 4 aromatic rings. The summed E-state index contributed by atoms with van der Waals surface area (Å²) < 4.78 is 29.6. The van der Waals surface area contributed by atoms with Gasteiger partial charge in [0.25, 0.3) is 0 Å². The Kier molecular flexibility index (Phi) is 4.96. The molecule has 1 aliphatic heterocycles. The van der Waals surface area contributed by atoms with Gasteiger partial charge in [0.1, 0.15) is 17.1 Å². The van der Waals surface area contributed by atoms with Gasteiger partial charge in [0.15, 0.2) is 9.84 Å². The van der Waals surface area contributed by atoms with E-state index in [0.29, 0.717) is 15.9 Å². The van der Waals surface area contributed by atoms with Gasteiger partial charge in [0, 0.05) is 30.0 Å². The van der Waals surface area contributed by atoms with Crippen LogP contribution in [0.3, 0.4) is 0 Å². The molecule has 0 spiro atoms. The third-order valence-corrected chi connectivity index (χ3v) is 8.03. The van der Waals surface area contributed by atoms with Crippen LogP contribution >= 0.6 is 11.5 Å². The predicted octanol–water partition coefficient (Wildman–Crippen LogP) is 4.40. The normalized spacial score (nSPS) is 16.9. The molecule has 30 heavy (non-hydrogen) atoms. The zero-order chi connectivity index (χ0) is 20.6. The predicted molar refractivity (Wildman–Crippen MR) is 118 cm³/mol. The van der Waals surface area contributed by atoms with Gasteiger partial charge in [-0.15, -0.1) is 0 Å². The van der Waals surface area contributed by atoms with E-state index in [9.17, 15) is 8.42 Å². The van der Waals surface area contributed by atoms with Crippen LogP contribution in [0.1, 0.15) is 29.5 Å². The van der Waals surface area contributed by atoms with Crippen molar-refractivity contribution in [3.05, 3.63) is 77.8 Å². The van der Waals surface area contributed by atoms with Crippen molar-refractivity contribution in [2.24, 2.45) is 0 Å². The fraction of sp³-hybridized carbons (Fsp3) is 0.227. The Balaban J connectivity index is 1.52. The lowest BCUT2D eigenvalue weighted by atomic mass is 10.0. The number of anilines is 1. The van der Waals surface area contributed by atoms with E-state index in [4.69, 9.17) is 0 Å². The highest BCUT2D eigenvalue weighted by Gasteiger charge is 2.27. The fourth-order valence-electron chi connectivity index (χ4n) is 4.18. The summed E-state index contributed by atoms with van der Waals surface area (Å²) in [6, 6.07) is 16.0. The third-order valence-electron chi connectivity index (χ3n) is 5.56. The quantitative estimate of drug-likeness (QED) is 0.461. The van der Waals surface area contributed by atoms with Gasteiger partial charge in [-0.2, -0.15) is 4.37 Å². The average molecular weight is 437 g/mol. The highest BCUT2D eigenvalue weighted by Crippen LogP contribution is 2.39. The fourth-order valence-corrected chi connectivity index (χ4v) is 6.32. The summed E-state index contributed by atoms with van der Waals surface area (Å²) in [6.45, 7) is 0.975. The molecule has 8 heteroatoms. The van der Waals surface area contributed by atoms with Crippen LogP contribution < -0.4 is 4.90 Å². The van der Waals surface area contributed by atoms with E-state index in [0.717, 1.165) is 47.4 Å². The Morgan fingerprint density at radius 1 is 1.10 bits per heavy atom. The number of rotatable bonds is 5. The molecule has 6 nitrogen and oxygen atoms in total. The molecule has 0 unspecified atom stereocenters. The van der Waals surface area contributed by atoms with E-state index >= 15 is 0 Å². The molecule has 0 aliphatic carbocycles. The van der Waals surface area contributed by atoms with Crippen molar-refractivity contribution in [3.63, 3.8) is 0 Å². The van der Waals surface area contributed by atoms with E-state index in [2.05, 4.69) is 37.4 Å². The van der Waals surface area contributed by atoms with Crippen molar-refractivity contribution in [2.75, 3.05) is 11.4 Å². The lowest BCUT2D eigenvalue weighted by molar-refractivity contribution is 0.595. The molecule has 0 saturated carbocycles. The molecule has 0 amide bonds. The van der Waals surface area contributed by atoms with Crippen LogP contribution in [0.4, 0.5) is 5.69 Å². The molecule has 2 aromatic carbocycles. The maximum Gasteiger partial charge on any atom is 0.184 e. The van der Waals surface area contributed by atoms with Gasteiger partial charge in [-0.25, -0.2) is 13.4 Å². The number of nitrogens with zero attached hydrogens (tertiary/aromatic N) is 4. The van der Waals surface area contributed by atoms with Gasteiger partial charge in [-0.1, -0.05) is 18.2 Å². The molecule has 1 saturated heterocycles. The standard InChI is InChI=1S/C22H20N4O2S2/c27-30(28,14-22-24-15-25-29-22)18-6-7-19-17(13-18)3-1-4-21(19)26-12-2-5-20(26)16-8-10-23-11-9-16/h1,3-4,6-11,13,15,20H,2,5,12,14H2/t20-/m0/s1. The van der Waals surface area contributed by atoms with E-state index in [-0.39, 0.29) is 5.75 Å². The molecule has 0 N–H and O–H groups in total. The van der Waals surface area contributed by atoms with Crippen LogP contribution in [0.2, 0.25) is 0 Å². The van der Waals surface area contributed by atoms with Gasteiger partial charge in [-0.05, 0) is 65.7 Å². The van der Waals surface area contributed by atoms with Crippen LogP contribution in [0.15, 0.2) is 72.1 Å². The van der Waals surface area contributed by atoms with Crippen LogP contribution in [-0.2, 0) is 15.6 Å². The van der Waals surface area contributed by atoms with Crippen molar-refractivity contribution < 1.29 is 8.42 Å². The van der Waals surface area contributed by atoms with Crippen LogP contribution in [0.25, 0.3) is 10.8 Å². The first kappa shape index (κ1) is 19.1. The van der Waals surface area contributed by atoms with Gasteiger partial charge in [0.05, 0.1) is 10.9 Å². The SMILES string of the molecule is O=S(=O)(Cc1ncns1)c1ccc2c(N3CCC[C@H]3c3ccncc3)cccc2c1. The molecule has 2 aromatic heterocycles. The molecule has 3 heterocycles. The highest BCUT2D eigenvalue weighted by molar-refractivity contribution is 7.90. The third kappa shape index (κ3) is 3.57. The Bertz CT molecular complexity index is 1280. The monoisotopic (exact) mass is 436 g/mol. The summed E-state index contributed by atoms with van der Waals surface area (Å²) in [5.41, 5.74) is 2.40. The maximum absolute atomic E-state index is 12.8. The lowest BCUT2D eigenvalue weighted by Gasteiger charge is -2.28. The van der Waals surface area contributed by atoms with E-state index in [1.54, 1.807) is 12.1 Å². The van der Waals surface area contributed by atoms with Crippen molar-refractivity contribution in [1.29, 1.82) is 0 Å². The Hall–Kier alpha value is -2.84. The van der Waals surface area contributed by atoms with Crippen LogP contribution in [0.5, 0.6) is 0 Å². The highest BCUT2D eigenvalue weighted by atomic mass is 32.2. The van der Waals surface area contributed by atoms with Crippen molar-refractivity contribution in [3.8, 4) is 0 Å². The molecule has 5 rings (SSSR count). The van der Waals surface area contributed by atoms with Crippen molar-refractivity contribution in [2.45, 2.75) is 29.5 Å². The van der Waals surface area contributed by atoms with Gasteiger partial charge < -0.3 is 4.90 Å². The first-order valence-electron chi connectivity index (χ1n) is 9.79. The average Bonchev–Trinajstić information content (AvgIpc) is 3.45. The second kappa shape index (κ2) is 7.77. The minimum absolute atomic E-state index is 0.126. The lowest BCUT2D eigenvalue weighted by Crippen LogP contribution is -2.22. The molecule has 1 aliphatic rings. The first-order chi connectivity index (χ1) is 14.6. The minimum Gasteiger partial charge on any atom is -0.364 e. The summed E-state index contributed by atoms with van der Waals surface area (Å²) >= 11 is 1.11. The number of pyridine rings is 1. The molecular weight excluding hydrogens is 416 g/mol. The van der Waals surface area contributed by atoms with E-state index in [1.165, 1.54) is 11.9 Å². The van der Waals surface area contributed by atoms with E-state index in [1.807, 2.05) is 30.6 Å². The van der Waals surface area contributed by atoms with Gasteiger partial charge in [-0.3, -0.25) is 4.98 Å². The maximum atomic E-state index is 12.8. The molecule has 1 fully saturated rings. The summed E-state index contributed by atoms with van der Waals surface area (Å²) in [5.74, 6) is -0.126. The number of fused-ring (bicyclic) bond motifs is 1. The second-order valence-electron chi connectivity index (χ2n) is 7.39. The Labute approximate surface area is 179 Å². The number of hydrogen-bond acceptors (Lipinski definition) is 7. The summed E-state index contributed by atoms with van der Waals surface area (Å²) in [5, 5.41) is 2.49. The molecule has 0 bridgehead atoms. The summed E-state index contributed by atoms with van der Waals surface area (Å²) in [4.78, 5) is 10.9. The number of aromatic nitrogens is 3. The summed E-state index contributed by atoms with van der Waals surface area (Å²) in [7, 11) is -3.47. The molecule has 152 valence electrons. The second-order valence-corrected chi connectivity index (χ2v) is 10.2. The van der Waals surface area contributed by atoms with E-state index < -0.39 is 9.84 Å². The molecule has 0 radical (unpaired) electrons. The van der Waals surface area contributed by atoms with Gasteiger partial charge >= 0.3 is 0 Å². The number of hydrogen-bond donors (Lipinski definition) is 0. The Morgan fingerprint density at radius 3 is 2.77 bits per heavy atom. The van der Waals surface area contributed by atoms with Crippen molar-refractivity contribution >= 4 is 37.8 Å². The minimum atomic E-state index is -3.47. The summed E-state index contributed by atoms with van der Waals surface area (Å²) in [6.07, 6.45) is 7.28. The smallest absolute Gasteiger partial charge is 0.184 e. The molecular formula is C22H20N4O2S2. The topological polar surface area (TPSA) is 76.1 Å². The first-order valence-corrected chi connectivity index (χ1v) is 12.2. The van der Waals surface area contributed by atoms with Gasteiger partial charge in [0.2, 0.25) is 0 Å². The van der Waals surface area contributed by atoms with Crippen LogP contribution in [0, 0.1) is 0 Å². The number of sulfone groups is 1. The zero-order valence-electron chi connectivity index (χ0n) is 16.2. The molecule has 1 atom stereocenters. The zero-order valence-corrected chi connectivity index (χ0v) is 17.8. The number of benzene rings is 2. The Morgan fingerprint density at radius 2 is 1.97 bits per heavy atom. The van der Waals surface area contributed by atoms with Crippen molar-refractivity contribution in [1.82, 2.24) is 14.3 Å². The largest absolute Gasteiger partial charge is 0.364 e.